The quantitative estimate of drug-likeness (QED) is 0.486. The van der Waals surface area contributed by atoms with Gasteiger partial charge in [-0.2, -0.15) is 20.4 Å². The average molecular weight is 416 g/mol. The fourth-order valence-corrected chi connectivity index (χ4v) is 5.10. The molecule has 6 rings (SSSR count). The Kier molecular flexibility index (Phi) is 3.69. The van der Waals surface area contributed by atoms with Crippen molar-refractivity contribution < 1.29 is 0 Å². The van der Waals surface area contributed by atoms with Gasteiger partial charge in [0.1, 0.15) is 5.52 Å². The molecule has 1 aliphatic heterocycles. The van der Waals surface area contributed by atoms with E-state index in [-0.39, 0.29) is 5.56 Å². The molecule has 5 heterocycles. The lowest BCUT2D eigenvalue weighted by molar-refractivity contribution is 0.647. The van der Waals surface area contributed by atoms with Crippen molar-refractivity contribution in [1.29, 1.82) is 0 Å². The monoisotopic (exact) mass is 416 g/mol. The highest BCUT2D eigenvalue weighted by Crippen LogP contribution is 2.32. The van der Waals surface area contributed by atoms with Crippen LogP contribution in [0.4, 0.5) is 0 Å². The number of thiazole rings is 1. The zero-order valence-electron chi connectivity index (χ0n) is 16.0. The van der Waals surface area contributed by atoms with E-state index >= 15 is 0 Å². The number of H-pyrrole nitrogens is 1. The Morgan fingerprint density at radius 3 is 3.03 bits per heavy atom. The third kappa shape index (κ3) is 2.53. The first-order valence-corrected chi connectivity index (χ1v) is 10.3. The third-order valence-corrected chi connectivity index (χ3v) is 6.52. The number of azo groups is 1. The predicted octanol–water partition coefficient (Wildman–Crippen LogP) is 3.16. The highest BCUT2D eigenvalue weighted by molar-refractivity contribution is 7.19. The molecule has 30 heavy (non-hydrogen) atoms. The second kappa shape index (κ2) is 6.42. The van der Waals surface area contributed by atoms with E-state index in [1.165, 1.54) is 4.68 Å². The third-order valence-electron chi connectivity index (χ3n) is 5.44. The zero-order valence-corrected chi connectivity index (χ0v) is 16.8. The van der Waals surface area contributed by atoms with E-state index < -0.39 is 0 Å². The second-order valence-electron chi connectivity index (χ2n) is 7.32. The fraction of sp³-hybridized carbons (Fsp3) is 0.200. The van der Waals surface area contributed by atoms with Crippen LogP contribution in [0.3, 0.4) is 0 Å². The summed E-state index contributed by atoms with van der Waals surface area (Å²) in [4.78, 5) is 18.0. The lowest BCUT2D eigenvalue weighted by Gasteiger charge is -2.07. The largest absolute Gasteiger partial charge is 0.323 e. The van der Waals surface area contributed by atoms with Gasteiger partial charge in [-0.15, -0.1) is 11.3 Å². The molecule has 5 aromatic rings. The van der Waals surface area contributed by atoms with Gasteiger partial charge in [-0.25, -0.2) is 9.67 Å². The van der Waals surface area contributed by atoms with Crippen LogP contribution in [0.25, 0.3) is 32.2 Å². The van der Waals surface area contributed by atoms with Crippen molar-refractivity contribution in [3.8, 4) is 0 Å². The molecular formula is C20H16N8OS. The van der Waals surface area contributed by atoms with Crippen molar-refractivity contribution in [3.05, 3.63) is 63.3 Å². The maximum absolute atomic E-state index is 13.3. The number of fused-ring (bicyclic) bond motifs is 4. The first-order valence-electron chi connectivity index (χ1n) is 9.48. The van der Waals surface area contributed by atoms with Gasteiger partial charge in [-0.05, 0) is 17.2 Å². The number of nitrogens with zero attached hydrogens (tertiary/aromatic N) is 7. The number of hydrogen-bond acceptors (Lipinski definition) is 7. The Bertz CT molecular complexity index is 1560. The lowest BCUT2D eigenvalue weighted by Crippen LogP contribution is -2.24. The van der Waals surface area contributed by atoms with Gasteiger partial charge in [0.15, 0.2) is 5.65 Å². The molecule has 1 aromatic carbocycles. The average Bonchev–Trinajstić information content (AvgIpc) is 3.52. The molecule has 148 valence electrons. The van der Waals surface area contributed by atoms with Crippen LogP contribution in [-0.4, -0.2) is 36.1 Å². The van der Waals surface area contributed by atoms with E-state index in [1.807, 2.05) is 29.8 Å². The van der Waals surface area contributed by atoms with Crippen LogP contribution in [0.15, 0.2) is 57.4 Å². The molecule has 0 saturated carbocycles. The van der Waals surface area contributed by atoms with Gasteiger partial charge in [0, 0.05) is 24.2 Å². The minimum atomic E-state index is -0.127. The Morgan fingerprint density at radius 2 is 2.17 bits per heavy atom. The summed E-state index contributed by atoms with van der Waals surface area (Å²) >= 11 is 1.60. The second-order valence-corrected chi connectivity index (χ2v) is 8.40. The SMILES string of the molecule is Cn1c2nc(CC3=CN=NC3)sc2c2cnn(Cc3cccc4[nH]ncc34)c(=O)c21. The fourth-order valence-electron chi connectivity index (χ4n) is 3.94. The summed E-state index contributed by atoms with van der Waals surface area (Å²) < 4.78 is 4.37. The molecule has 0 saturated heterocycles. The van der Waals surface area contributed by atoms with Crippen molar-refractivity contribution >= 4 is 43.5 Å². The predicted molar refractivity (Wildman–Crippen MR) is 115 cm³/mol. The minimum absolute atomic E-state index is 0.127. The first-order chi connectivity index (χ1) is 14.7. The van der Waals surface area contributed by atoms with E-state index in [9.17, 15) is 4.79 Å². The van der Waals surface area contributed by atoms with Gasteiger partial charge in [0.2, 0.25) is 0 Å². The summed E-state index contributed by atoms with van der Waals surface area (Å²) in [7, 11) is 1.89. The molecule has 0 unspecified atom stereocenters. The number of aromatic amines is 1. The van der Waals surface area contributed by atoms with E-state index in [2.05, 4.69) is 25.5 Å². The first kappa shape index (κ1) is 17.2. The zero-order chi connectivity index (χ0) is 20.2. The number of aromatic nitrogens is 6. The van der Waals surface area contributed by atoms with Crippen LogP contribution in [-0.2, 0) is 20.0 Å². The van der Waals surface area contributed by atoms with Crippen LogP contribution >= 0.6 is 11.3 Å². The number of rotatable bonds is 4. The number of benzene rings is 1. The molecule has 9 nitrogen and oxygen atoms in total. The lowest BCUT2D eigenvalue weighted by atomic mass is 10.1. The molecular weight excluding hydrogens is 400 g/mol. The van der Waals surface area contributed by atoms with Crippen LogP contribution < -0.4 is 5.56 Å². The van der Waals surface area contributed by atoms with Crippen molar-refractivity contribution in [2.45, 2.75) is 13.0 Å². The number of nitrogens with one attached hydrogen (secondary N) is 1. The van der Waals surface area contributed by atoms with E-state index in [0.717, 1.165) is 49.2 Å². The van der Waals surface area contributed by atoms with Crippen LogP contribution in [0, 0.1) is 0 Å². The van der Waals surface area contributed by atoms with E-state index in [4.69, 9.17) is 4.98 Å². The van der Waals surface area contributed by atoms with Gasteiger partial charge in [-0.1, -0.05) is 12.1 Å². The Labute approximate surface area is 173 Å². The van der Waals surface area contributed by atoms with E-state index in [0.29, 0.717) is 18.6 Å². The summed E-state index contributed by atoms with van der Waals surface area (Å²) in [5.74, 6) is 0. The maximum atomic E-state index is 13.3. The van der Waals surface area contributed by atoms with Crippen LogP contribution in [0.5, 0.6) is 0 Å². The van der Waals surface area contributed by atoms with Crippen molar-refractivity contribution in [2.75, 3.05) is 6.54 Å². The van der Waals surface area contributed by atoms with Gasteiger partial charge in [-0.3, -0.25) is 9.89 Å². The number of aryl methyl sites for hydroxylation is 1. The summed E-state index contributed by atoms with van der Waals surface area (Å²) in [6.45, 7) is 1.01. The summed E-state index contributed by atoms with van der Waals surface area (Å²) in [5.41, 5.74) is 4.38. The standard InChI is InChI=1S/C20H16N8OS/c1-27-17-14(18-19(27)25-16(30-18)5-11-6-21-22-7-11)9-24-28(20(17)29)10-12-3-2-4-15-13(12)8-23-26-15/h2-4,6,8-9H,5,7,10H2,1H3,(H,23,26). The normalized spacial score (nSPS) is 13.8. The molecule has 0 aliphatic carbocycles. The minimum Gasteiger partial charge on any atom is -0.323 e. The molecule has 1 N–H and O–H groups in total. The molecule has 1 aliphatic rings. The summed E-state index contributed by atoms with van der Waals surface area (Å²) in [5, 5.41) is 22.2. The molecule has 0 spiro atoms. The van der Waals surface area contributed by atoms with Crippen LogP contribution in [0.1, 0.15) is 10.6 Å². The molecule has 0 amide bonds. The molecule has 0 radical (unpaired) electrons. The Balaban J connectivity index is 1.43. The van der Waals surface area contributed by atoms with Gasteiger partial charge in [0.25, 0.3) is 5.56 Å². The van der Waals surface area contributed by atoms with E-state index in [1.54, 1.807) is 29.9 Å². The van der Waals surface area contributed by atoms with Gasteiger partial charge >= 0.3 is 0 Å². The Hall–Kier alpha value is -3.66. The highest BCUT2D eigenvalue weighted by Gasteiger charge is 2.19. The molecule has 0 atom stereocenters. The topological polar surface area (TPSA) is 106 Å². The van der Waals surface area contributed by atoms with Crippen LogP contribution in [0.2, 0.25) is 0 Å². The van der Waals surface area contributed by atoms with Gasteiger partial charge < -0.3 is 4.57 Å². The van der Waals surface area contributed by atoms with Crippen molar-refractivity contribution in [3.63, 3.8) is 0 Å². The summed E-state index contributed by atoms with van der Waals surface area (Å²) in [6.07, 6.45) is 6.08. The molecule has 0 fully saturated rings. The van der Waals surface area contributed by atoms with Crippen molar-refractivity contribution in [2.24, 2.45) is 17.3 Å². The summed E-state index contributed by atoms with van der Waals surface area (Å²) in [6, 6.07) is 5.90. The Morgan fingerprint density at radius 1 is 1.23 bits per heavy atom. The highest BCUT2D eigenvalue weighted by atomic mass is 32.1. The van der Waals surface area contributed by atoms with Gasteiger partial charge in [0.05, 0.1) is 46.9 Å². The van der Waals surface area contributed by atoms with Crippen molar-refractivity contribution in [1.82, 2.24) is 29.5 Å². The molecule has 10 heteroatoms. The smallest absolute Gasteiger partial charge is 0.291 e. The maximum Gasteiger partial charge on any atom is 0.291 e. The number of hydrogen-bond donors (Lipinski definition) is 1. The molecule has 4 aromatic heterocycles. The molecule has 0 bridgehead atoms.